The first kappa shape index (κ1) is 11.7. The van der Waals surface area contributed by atoms with E-state index < -0.39 is 0 Å². The van der Waals surface area contributed by atoms with Crippen LogP contribution >= 0.6 is 11.8 Å². The van der Waals surface area contributed by atoms with Gasteiger partial charge in [0.25, 0.3) is 0 Å². The predicted molar refractivity (Wildman–Crippen MR) is 61.5 cm³/mol. The lowest BCUT2D eigenvalue weighted by molar-refractivity contribution is -0.110. The molecule has 0 amide bonds. The van der Waals surface area contributed by atoms with Crippen LogP contribution in [0.2, 0.25) is 0 Å². The van der Waals surface area contributed by atoms with E-state index in [1.807, 2.05) is 13.0 Å². The fourth-order valence-corrected chi connectivity index (χ4v) is 2.73. The number of carbonyl (C=O) groups is 1. The molecule has 0 radical (unpaired) electrons. The number of furan rings is 1. The summed E-state index contributed by atoms with van der Waals surface area (Å²) in [5.41, 5.74) is 0.0880. The van der Waals surface area contributed by atoms with E-state index in [4.69, 9.17) is 9.15 Å². The van der Waals surface area contributed by atoms with Gasteiger partial charge in [0, 0.05) is 13.1 Å². The Morgan fingerprint density at radius 2 is 2.56 bits per heavy atom. The van der Waals surface area contributed by atoms with E-state index >= 15 is 0 Å². The molecule has 1 atom stereocenters. The van der Waals surface area contributed by atoms with Crippen molar-refractivity contribution in [2.45, 2.75) is 17.3 Å². The first-order chi connectivity index (χ1) is 7.79. The summed E-state index contributed by atoms with van der Waals surface area (Å²) in [7, 11) is 0. The molecule has 88 valence electrons. The van der Waals surface area contributed by atoms with Gasteiger partial charge in [0.15, 0.2) is 0 Å². The molecule has 0 N–H and O–H groups in total. The molecule has 1 fully saturated rings. The number of aldehydes is 1. The van der Waals surface area contributed by atoms with Gasteiger partial charge >= 0.3 is 0 Å². The molecule has 2 heterocycles. The highest BCUT2D eigenvalue weighted by molar-refractivity contribution is 7.99. The molecular formula is C11H15NO3S. The number of morpholine rings is 1. The molecule has 1 aromatic heterocycles. The molecule has 0 aliphatic carbocycles. The third kappa shape index (κ3) is 2.87. The van der Waals surface area contributed by atoms with Gasteiger partial charge in [-0.15, -0.1) is 0 Å². The number of thioether (sulfide) groups is 1. The summed E-state index contributed by atoms with van der Waals surface area (Å²) in [6, 6.07) is 1.95. The second-order valence-corrected chi connectivity index (χ2v) is 4.89. The van der Waals surface area contributed by atoms with E-state index in [2.05, 4.69) is 4.90 Å². The van der Waals surface area contributed by atoms with Crippen LogP contribution in [0.25, 0.3) is 0 Å². The Bertz CT molecular complexity index is 353. The van der Waals surface area contributed by atoms with Crippen molar-refractivity contribution in [3.8, 4) is 0 Å². The van der Waals surface area contributed by atoms with Crippen molar-refractivity contribution in [2.75, 3.05) is 26.2 Å². The topological polar surface area (TPSA) is 42.7 Å². The molecule has 5 heteroatoms. The van der Waals surface area contributed by atoms with E-state index in [-0.39, 0.29) is 5.44 Å². The third-order valence-corrected chi connectivity index (χ3v) is 3.75. The number of rotatable bonds is 4. The number of ether oxygens (including phenoxy) is 1. The second-order valence-electron chi connectivity index (χ2n) is 3.69. The summed E-state index contributed by atoms with van der Waals surface area (Å²) in [5.74, 6) is 0.918. The number of aryl methyl sites for hydroxylation is 1. The zero-order valence-corrected chi connectivity index (χ0v) is 10.0. The number of hydrogen-bond acceptors (Lipinski definition) is 5. The normalized spacial score (nSPS) is 22.2. The summed E-state index contributed by atoms with van der Waals surface area (Å²) in [6.45, 7) is 4.73. The van der Waals surface area contributed by atoms with E-state index in [0.717, 1.165) is 30.0 Å². The first-order valence-electron chi connectivity index (χ1n) is 5.28. The van der Waals surface area contributed by atoms with Gasteiger partial charge in [-0.2, -0.15) is 0 Å². The van der Waals surface area contributed by atoms with E-state index in [9.17, 15) is 4.79 Å². The molecular weight excluding hydrogens is 226 g/mol. The molecule has 0 aromatic carbocycles. The highest BCUT2D eigenvalue weighted by atomic mass is 32.2. The Morgan fingerprint density at radius 3 is 3.25 bits per heavy atom. The lowest BCUT2D eigenvalue weighted by atomic mass is 10.4. The molecule has 2 rings (SSSR count). The van der Waals surface area contributed by atoms with Crippen LogP contribution in [0, 0.1) is 6.92 Å². The quantitative estimate of drug-likeness (QED) is 0.748. The van der Waals surface area contributed by atoms with Gasteiger partial charge in [-0.25, -0.2) is 0 Å². The van der Waals surface area contributed by atoms with Crippen LogP contribution in [0.5, 0.6) is 0 Å². The summed E-state index contributed by atoms with van der Waals surface area (Å²) in [6.07, 6.45) is 2.62. The van der Waals surface area contributed by atoms with Crippen molar-refractivity contribution < 1.29 is 13.9 Å². The predicted octanol–water partition coefficient (Wildman–Crippen LogP) is 1.54. The van der Waals surface area contributed by atoms with Gasteiger partial charge in [0.1, 0.15) is 17.5 Å². The summed E-state index contributed by atoms with van der Waals surface area (Å²) in [5, 5.41) is 0. The average molecular weight is 241 g/mol. The second kappa shape index (κ2) is 5.52. The Morgan fingerprint density at radius 1 is 1.69 bits per heavy atom. The molecule has 0 bridgehead atoms. The highest BCUT2D eigenvalue weighted by Gasteiger charge is 2.21. The van der Waals surface area contributed by atoms with Gasteiger partial charge in [-0.1, -0.05) is 11.8 Å². The highest BCUT2D eigenvalue weighted by Crippen LogP contribution is 2.29. The summed E-state index contributed by atoms with van der Waals surface area (Å²) in [4.78, 5) is 13.7. The zero-order valence-electron chi connectivity index (χ0n) is 9.22. The van der Waals surface area contributed by atoms with Crippen molar-refractivity contribution in [3.63, 3.8) is 0 Å². The molecule has 0 saturated carbocycles. The van der Waals surface area contributed by atoms with Crippen LogP contribution in [0.1, 0.15) is 5.76 Å². The van der Waals surface area contributed by atoms with Crippen molar-refractivity contribution in [2.24, 2.45) is 0 Å². The number of nitrogens with zero attached hydrogens (tertiary/aromatic N) is 1. The molecule has 1 aliphatic heterocycles. The van der Waals surface area contributed by atoms with E-state index in [0.29, 0.717) is 13.2 Å². The molecule has 1 aromatic rings. The average Bonchev–Trinajstić information content (AvgIpc) is 2.66. The Hall–Kier alpha value is -0.780. The Balaban J connectivity index is 1.90. The maximum atomic E-state index is 10.4. The monoisotopic (exact) mass is 241 g/mol. The molecule has 0 spiro atoms. The standard InChI is InChI=1S/C11H15NO3S/c1-9-10(2-6-14-9)16-11-8-12(3-5-13)4-7-15-11/h2,5-6,11H,3-4,7-8H2,1H3. The maximum absolute atomic E-state index is 10.4. The zero-order chi connectivity index (χ0) is 11.4. The van der Waals surface area contributed by atoms with E-state index in [1.54, 1.807) is 18.0 Å². The fourth-order valence-electron chi connectivity index (χ4n) is 1.65. The number of carbonyl (C=O) groups excluding carboxylic acids is 1. The van der Waals surface area contributed by atoms with Crippen molar-refractivity contribution in [1.82, 2.24) is 4.90 Å². The molecule has 1 saturated heterocycles. The fraction of sp³-hybridized carbons (Fsp3) is 0.545. The van der Waals surface area contributed by atoms with Gasteiger partial charge in [-0.3, -0.25) is 4.90 Å². The largest absolute Gasteiger partial charge is 0.468 e. The van der Waals surface area contributed by atoms with Crippen LogP contribution in [0.3, 0.4) is 0 Å². The maximum Gasteiger partial charge on any atom is 0.133 e. The van der Waals surface area contributed by atoms with Crippen LogP contribution < -0.4 is 0 Å². The molecule has 16 heavy (non-hydrogen) atoms. The van der Waals surface area contributed by atoms with Crippen LogP contribution in [0.4, 0.5) is 0 Å². The SMILES string of the molecule is Cc1occc1SC1CN(CC=O)CCO1. The van der Waals surface area contributed by atoms with Crippen LogP contribution in [0.15, 0.2) is 21.6 Å². The lowest BCUT2D eigenvalue weighted by Crippen LogP contribution is -2.41. The number of hydrogen-bond donors (Lipinski definition) is 0. The van der Waals surface area contributed by atoms with Crippen molar-refractivity contribution in [3.05, 3.63) is 18.1 Å². The summed E-state index contributed by atoms with van der Waals surface area (Å²) < 4.78 is 10.9. The minimum atomic E-state index is 0.0880. The van der Waals surface area contributed by atoms with Gasteiger partial charge < -0.3 is 13.9 Å². The smallest absolute Gasteiger partial charge is 0.133 e. The van der Waals surface area contributed by atoms with Crippen molar-refractivity contribution >= 4 is 18.0 Å². The lowest BCUT2D eigenvalue weighted by Gasteiger charge is -2.30. The third-order valence-electron chi connectivity index (χ3n) is 2.52. The molecule has 4 nitrogen and oxygen atoms in total. The van der Waals surface area contributed by atoms with Crippen molar-refractivity contribution in [1.29, 1.82) is 0 Å². The minimum Gasteiger partial charge on any atom is -0.468 e. The molecule has 1 aliphatic rings. The Kier molecular flexibility index (Phi) is 4.04. The van der Waals surface area contributed by atoms with Crippen LogP contribution in [-0.2, 0) is 9.53 Å². The summed E-state index contributed by atoms with van der Waals surface area (Å²) >= 11 is 1.65. The van der Waals surface area contributed by atoms with E-state index in [1.165, 1.54) is 0 Å². The van der Waals surface area contributed by atoms with Gasteiger partial charge in [0.2, 0.25) is 0 Å². The van der Waals surface area contributed by atoms with Gasteiger partial charge in [0.05, 0.1) is 24.3 Å². The van der Waals surface area contributed by atoms with Crippen LogP contribution in [-0.4, -0.2) is 42.9 Å². The Labute approximate surface area is 98.9 Å². The first-order valence-corrected chi connectivity index (χ1v) is 6.16. The molecule has 1 unspecified atom stereocenters. The van der Waals surface area contributed by atoms with Gasteiger partial charge in [-0.05, 0) is 13.0 Å². The minimum absolute atomic E-state index is 0.0880.